The molecule has 6 rings (SSSR count). The minimum absolute atomic E-state index is 0.0427. The summed E-state index contributed by atoms with van der Waals surface area (Å²) in [6, 6.07) is 7.95. The first-order valence-corrected chi connectivity index (χ1v) is 11.9. The lowest BCUT2D eigenvalue weighted by Gasteiger charge is -2.04. The number of ketones is 1. The van der Waals surface area contributed by atoms with E-state index in [1.807, 2.05) is 28.9 Å². The summed E-state index contributed by atoms with van der Waals surface area (Å²) < 4.78 is 5.77. The van der Waals surface area contributed by atoms with Crippen molar-refractivity contribution in [2.45, 2.75) is 45.6 Å². The van der Waals surface area contributed by atoms with Crippen LogP contribution < -0.4 is 0 Å². The molecule has 7 nitrogen and oxygen atoms in total. The van der Waals surface area contributed by atoms with Crippen LogP contribution in [0.15, 0.2) is 61.6 Å². The molecule has 1 aliphatic rings. The summed E-state index contributed by atoms with van der Waals surface area (Å²) in [5, 5.41) is 5.05. The van der Waals surface area contributed by atoms with E-state index in [0.717, 1.165) is 22.6 Å². The van der Waals surface area contributed by atoms with Gasteiger partial charge in [0.05, 0.1) is 41.5 Å². The first-order valence-electron chi connectivity index (χ1n) is 11.5. The van der Waals surface area contributed by atoms with E-state index in [1.54, 1.807) is 23.4 Å². The Morgan fingerprint density at radius 1 is 1.18 bits per heavy atom. The van der Waals surface area contributed by atoms with Gasteiger partial charge in [0.15, 0.2) is 5.78 Å². The SMILES string of the molecule is CC1(C)CC1c1ccc2nc(Cn3cc(C(=O)CCc4ncn5ccc(Cl)cc45)cn3)cn2c1. The molecular weight excluding hydrogens is 448 g/mol. The summed E-state index contributed by atoms with van der Waals surface area (Å²) in [5.74, 6) is 0.667. The Labute approximate surface area is 202 Å². The number of hydrogen-bond donors (Lipinski definition) is 0. The van der Waals surface area contributed by atoms with Crippen molar-refractivity contribution >= 4 is 28.5 Å². The number of carbonyl (C=O) groups excluding carboxylic acids is 1. The summed E-state index contributed by atoms with van der Waals surface area (Å²) in [4.78, 5) is 21.9. The third-order valence-corrected chi connectivity index (χ3v) is 7.12. The highest BCUT2D eigenvalue weighted by atomic mass is 35.5. The lowest BCUT2D eigenvalue weighted by Crippen LogP contribution is -2.02. The number of nitrogens with zero attached hydrogens (tertiary/aromatic N) is 6. The molecule has 0 spiro atoms. The maximum Gasteiger partial charge on any atom is 0.166 e. The Morgan fingerprint density at radius 3 is 2.85 bits per heavy atom. The third kappa shape index (κ3) is 3.90. The summed E-state index contributed by atoms with van der Waals surface area (Å²) in [7, 11) is 0. The predicted molar refractivity (Wildman–Crippen MR) is 131 cm³/mol. The van der Waals surface area contributed by atoms with Crippen molar-refractivity contribution in [1.82, 2.24) is 28.5 Å². The quantitative estimate of drug-likeness (QED) is 0.305. The molecular formula is C26H25ClN6O. The monoisotopic (exact) mass is 472 g/mol. The van der Waals surface area contributed by atoms with Crippen LogP contribution in [0.4, 0.5) is 0 Å². The zero-order valence-electron chi connectivity index (χ0n) is 19.1. The molecule has 5 heterocycles. The van der Waals surface area contributed by atoms with Crippen molar-refractivity contribution in [3.63, 3.8) is 0 Å². The highest BCUT2D eigenvalue weighted by molar-refractivity contribution is 6.30. The van der Waals surface area contributed by atoms with Crippen LogP contribution in [0.3, 0.4) is 0 Å². The van der Waals surface area contributed by atoms with Gasteiger partial charge in [-0.2, -0.15) is 5.10 Å². The zero-order valence-corrected chi connectivity index (χ0v) is 19.9. The highest BCUT2D eigenvalue weighted by Crippen LogP contribution is 2.58. The lowest BCUT2D eigenvalue weighted by atomic mass is 10.1. The van der Waals surface area contributed by atoms with Crippen molar-refractivity contribution in [3.8, 4) is 0 Å². The van der Waals surface area contributed by atoms with E-state index >= 15 is 0 Å². The topological polar surface area (TPSA) is 69.5 Å². The van der Waals surface area contributed by atoms with E-state index in [0.29, 0.717) is 41.3 Å². The molecule has 0 radical (unpaired) electrons. The van der Waals surface area contributed by atoms with E-state index in [1.165, 1.54) is 12.0 Å². The summed E-state index contributed by atoms with van der Waals surface area (Å²) >= 11 is 6.11. The maximum atomic E-state index is 12.8. The van der Waals surface area contributed by atoms with Crippen molar-refractivity contribution < 1.29 is 4.79 Å². The van der Waals surface area contributed by atoms with Crippen LogP contribution in [0.1, 0.15) is 59.9 Å². The molecule has 0 aliphatic heterocycles. The second-order valence-electron chi connectivity index (χ2n) is 9.88. The molecule has 5 aromatic rings. The van der Waals surface area contributed by atoms with Crippen molar-refractivity contribution in [1.29, 1.82) is 0 Å². The maximum absolute atomic E-state index is 12.8. The van der Waals surface area contributed by atoms with E-state index in [9.17, 15) is 4.79 Å². The van der Waals surface area contributed by atoms with Crippen molar-refractivity contribution in [2.75, 3.05) is 0 Å². The van der Waals surface area contributed by atoms with Gasteiger partial charge in [-0.25, -0.2) is 9.97 Å². The fourth-order valence-corrected chi connectivity index (χ4v) is 4.88. The fourth-order valence-electron chi connectivity index (χ4n) is 4.73. The van der Waals surface area contributed by atoms with Crippen molar-refractivity contribution in [2.24, 2.45) is 5.41 Å². The van der Waals surface area contributed by atoms with Gasteiger partial charge in [0.1, 0.15) is 5.65 Å². The summed E-state index contributed by atoms with van der Waals surface area (Å²) in [5.41, 5.74) is 5.99. The fraction of sp³-hybridized carbons (Fsp3) is 0.308. The van der Waals surface area contributed by atoms with Gasteiger partial charge in [-0.15, -0.1) is 0 Å². The number of carbonyl (C=O) groups is 1. The van der Waals surface area contributed by atoms with Gasteiger partial charge in [0.25, 0.3) is 0 Å². The van der Waals surface area contributed by atoms with Gasteiger partial charge in [-0.3, -0.25) is 9.48 Å². The predicted octanol–water partition coefficient (Wildman–Crippen LogP) is 5.21. The molecule has 1 unspecified atom stereocenters. The Balaban J connectivity index is 1.13. The van der Waals surface area contributed by atoms with Crippen LogP contribution in [0.25, 0.3) is 11.2 Å². The number of pyridine rings is 2. The van der Waals surface area contributed by atoms with Crippen LogP contribution in [0, 0.1) is 5.41 Å². The molecule has 5 aromatic heterocycles. The van der Waals surface area contributed by atoms with E-state index in [-0.39, 0.29) is 5.78 Å². The van der Waals surface area contributed by atoms with E-state index in [2.05, 4.69) is 46.7 Å². The minimum Gasteiger partial charge on any atom is -0.306 e. The van der Waals surface area contributed by atoms with E-state index < -0.39 is 0 Å². The van der Waals surface area contributed by atoms with Crippen LogP contribution in [0.2, 0.25) is 5.02 Å². The second kappa shape index (κ2) is 7.81. The number of aryl methyl sites for hydroxylation is 1. The number of rotatable bonds is 7. The molecule has 8 heteroatoms. The van der Waals surface area contributed by atoms with Crippen LogP contribution in [-0.2, 0) is 13.0 Å². The number of hydrogen-bond acceptors (Lipinski definition) is 4. The largest absolute Gasteiger partial charge is 0.306 e. The van der Waals surface area contributed by atoms with Gasteiger partial charge in [0, 0.05) is 36.2 Å². The average Bonchev–Trinajstić information content (AvgIpc) is 3.24. The molecule has 0 amide bonds. The molecule has 0 N–H and O–H groups in total. The lowest BCUT2D eigenvalue weighted by molar-refractivity contribution is 0.0982. The smallest absolute Gasteiger partial charge is 0.166 e. The Bertz CT molecular complexity index is 1540. The molecule has 34 heavy (non-hydrogen) atoms. The van der Waals surface area contributed by atoms with Gasteiger partial charge in [0.2, 0.25) is 0 Å². The molecule has 1 aliphatic carbocycles. The first-order chi connectivity index (χ1) is 16.4. The first kappa shape index (κ1) is 21.1. The molecule has 0 saturated heterocycles. The zero-order chi connectivity index (χ0) is 23.4. The molecule has 1 atom stereocenters. The van der Waals surface area contributed by atoms with Crippen LogP contribution >= 0.6 is 11.6 Å². The number of Topliss-reactive ketones (excluding diaryl/α,β-unsaturated/α-hetero) is 1. The van der Waals surface area contributed by atoms with Crippen LogP contribution in [-0.4, -0.2) is 34.3 Å². The Morgan fingerprint density at radius 2 is 2.03 bits per heavy atom. The summed E-state index contributed by atoms with van der Waals surface area (Å²) in [6.45, 7) is 5.14. The normalized spacial score (nSPS) is 17.0. The van der Waals surface area contributed by atoms with E-state index in [4.69, 9.17) is 16.6 Å². The minimum atomic E-state index is 0.0427. The van der Waals surface area contributed by atoms with Gasteiger partial charge in [-0.05, 0) is 47.9 Å². The molecule has 0 bridgehead atoms. The second-order valence-corrected chi connectivity index (χ2v) is 10.3. The molecule has 1 saturated carbocycles. The Kier molecular flexibility index (Phi) is 4.85. The molecule has 172 valence electrons. The van der Waals surface area contributed by atoms with Gasteiger partial charge >= 0.3 is 0 Å². The number of halogens is 1. The Hall–Kier alpha value is -3.45. The average molecular weight is 473 g/mol. The van der Waals surface area contributed by atoms with Crippen molar-refractivity contribution in [3.05, 3.63) is 89.1 Å². The highest BCUT2D eigenvalue weighted by Gasteiger charge is 2.46. The standard InChI is InChI=1S/C26H25ClN6O/c1-26(2)10-21(26)17-3-6-25-30-20(14-32(25)12-17)15-33-13-18(11-29-33)24(34)5-4-22-23-9-19(27)7-8-31(23)16-28-22/h3,6-9,11-14,16,21H,4-5,10,15H2,1-2H3. The number of fused-ring (bicyclic) bond motifs is 2. The number of imidazole rings is 2. The number of aromatic nitrogens is 6. The van der Waals surface area contributed by atoms with Gasteiger partial charge < -0.3 is 8.80 Å². The van der Waals surface area contributed by atoms with Crippen LogP contribution in [0.5, 0.6) is 0 Å². The third-order valence-electron chi connectivity index (χ3n) is 6.89. The van der Waals surface area contributed by atoms with Gasteiger partial charge in [-0.1, -0.05) is 31.5 Å². The summed E-state index contributed by atoms with van der Waals surface area (Å²) in [6.07, 6.45) is 13.4. The molecule has 1 fully saturated rings. The molecule has 0 aromatic carbocycles.